The van der Waals surface area contributed by atoms with Gasteiger partial charge in [0.05, 0.1) is 40.7 Å². The second-order valence-electron chi connectivity index (χ2n) is 8.67. The third-order valence-electron chi connectivity index (χ3n) is 6.48. The number of rotatable bonds is 5. The number of benzene rings is 1. The summed E-state index contributed by atoms with van der Waals surface area (Å²) in [4.78, 5) is 21.8. The number of nitrogens with two attached hydrogens (primary N) is 1. The number of pyridine rings is 1. The van der Waals surface area contributed by atoms with E-state index in [0.29, 0.717) is 35.0 Å². The normalized spacial score (nSPS) is 17.4. The summed E-state index contributed by atoms with van der Waals surface area (Å²) >= 11 is 0. The van der Waals surface area contributed by atoms with Crippen molar-refractivity contribution in [2.24, 2.45) is 0 Å². The van der Waals surface area contributed by atoms with Gasteiger partial charge >= 0.3 is 6.55 Å². The highest BCUT2D eigenvalue weighted by molar-refractivity contribution is 5.93. The minimum atomic E-state index is -3.02. The first-order chi connectivity index (χ1) is 18.2. The highest BCUT2D eigenvalue weighted by Gasteiger charge is 2.36. The number of likely N-dealkylation sites (tertiary alicyclic amines) is 1. The first-order valence-electron chi connectivity index (χ1n) is 11.4. The molecular formula is C25H21F4N7O2. The lowest BCUT2D eigenvalue weighted by Gasteiger charge is -2.22. The molecule has 38 heavy (non-hydrogen) atoms. The highest BCUT2D eigenvalue weighted by Crippen LogP contribution is 2.33. The monoisotopic (exact) mass is 527 g/mol. The van der Waals surface area contributed by atoms with Crippen molar-refractivity contribution in [2.45, 2.75) is 25.1 Å². The number of halogens is 4. The third kappa shape index (κ3) is 4.12. The van der Waals surface area contributed by atoms with Crippen LogP contribution in [0.15, 0.2) is 37.3 Å². The molecule has 3 aromatic heterocycles. The Morgan fingerprint density at radius 1 is 1.32 bits per heavy atom. The van der Waals surface area contributed by atoms with Crippen LogP contribution in [0.3, 0.4) is 0 Å². The van der Waals surface area contributed by atoms with Gasteiger partial charge in [-0.05, 0) is 24.5 Å². The summed E-state index contributed by atoms with van der Waals surface area (Å²) in [5.41, 5.74) is 5.32. The summed E-state index contributed by atoms with van der Waals surface area (Å²) in [5.74, 6) is 2.65. The van der Waals surface area contributed by atoms with Crippen molar-refractivity contribution >= 4 is 33.7 Å². The fourth-order valence-electron chi connectivity index (χ4n) is 4.77. The zero-order valence-corrected chi connectivity index (χ0v) is 20.0. The molecule has 4 heterocycles. The zero-order chi connectivity index (χ0) is 27.1. The van der Waals surface area contributed by atoms with Crippen LogP contribution in [-0.4, -0.2) is 61.4 Å². The van der Waals surface area contributed by atoms with Gasteiger partial charge in [0.25, 0.3) is 0 Å². The van der Waals surface area contributed by atoms with Crippen LogP contribution in [0.25, 0.3) is 21.9 Å². The number of nitrogens with zero attached hydrogens (tertiary/aromatic N) is 6. The van der Waals surface area contributed by atoms with E-state index in [4.69, 9.17) is 10.5 Å². The molecule has 4 aromatic rings. The third-order valence-corrected chi connectivity index (χ3v) is 6.48. The maximum absolute atomic E-state index is 15.0. The molecular weight excluding hydrogens is 506 g/mol. The Balaban J connectivity index is 1.59. The van der Waals surface area contributed by atoms with Crippen LogP contribution in [-0.2, 0) is 9.53 Å². The molecule has 1 saturated heterocycles. The predicted octanol–water partition coefficient (Wildman–Crippen LogP) is 3.41. The van der Waals surface area contributed by atoms with E-state index in [1.807, 2.05) is 0 Å². The number of alkyl halides is 2. The second-order valence-corrected chi connectivity index (χ2v) is 8.67. The maximum atomic E-state index is 15.0. The van der Waals surface area contributed by atoms with Gasteiger partial charge < -0.3 is 15.4 Å². The Labute approximate surface area is 213 Å². The Morgan fingerprint density at radius 2 is 2.11 bits per heavy atom. The number of aromatic nitrogens is 5. The number of amides is 1. The molecule has 1 amide bonds. The van der Waals surface area contributed by atoms with Crippen LogP contribution in [0, 0.1) is 23.5 Å². The summed E-state index contributed by atoms with van der Waals surface area (Å²) < 4.78 is 63.4. The van der Waals surface area contributed by atoms with Crippen molar-refractivity contribution in [3.05, 3.63) is 60.2 Å². The Morgan fingerprint density at radius 3 is 2.82 bits per heavy atom. The van der Waals surface area contributed by atoms with E-state index < -0.39 is 34.8 Å². The number of imidazole rings is 1. The molecule has 0 unspecified atom stereocenters. The Hall–Kier alpha value is -4.44. The van der Waals surface area contributed by atoms with Gasteiger partial charge in [0.2, 0.25) is 5.91 Å². The maximum Gasteiger partial charge on any atom is 0.320 e. The minimum absolute atomic E-state index is 0.107. The van der Waals surface area contributed by atoms with E-state index >= 15 is 4.39 Å². The lowest BCUT2D eigenvalue weighted by molar-refractivity contribution is -0.127. The van der Waals surface area contributed by atoms with Crippen molar-refractivity contribution in [1.29, 1.82) is 0 Å². The highest BCUT2D eigenvalue weighted by atomic mass is 19.3. The van der Waals surface area contributed by atoms with Gasteiger partial charge in [-0.2, -0.15) is 13.9 Å². The van der Waals surface area contributed by atoms with Gasteiger partial charge in [-0.15, -0.1) is 0 Å². The smallest absolute Gasteiger partial charge is 0.320 e. The average Bonchev–Trinajstić information content (AvgIpc) is 3.59. The van der Waals surface area contributed by atoms with Gasteiger partial charge in [-0.25, -0.2) is 18.7 Å². The van der Waals surface area contributed by atoms with Crippen molar-refractivity contribution in [1.82, 2.24) is 29.2 Å². The average molecular weight is 527 g/mol. The van der Waals surface area contributed by atoms with Crippen molar-refractivity contribution in [2.75, 3.05) is 26.0 Å². The number of carbonyl (C=O) groups excluding carboxylic acids is 1. The molecule has 0 saturated carbocycles. The molecule has 1 aliphatic heterocycles. The summed E-state index contributed by atoms with van der Waals surface area (Å²) in [6.07, 6.45) is 3.98. The number of hydrogen-bond donors (Lipinski definition) is 1. The van der Waals surface area contributed by atoms with E-state index in [0.717, 1.165) is 12.4 Å². The fraction of sp³-hybridized carbons (Fsp3) is 0.280. The molecule has 1 aromatic carbocycles. The summed E-state index contributed by atoms with van der Waals surface area (Å²) in [7, 11) is 1.54. The van der Waals surface area contributed by atoms with Gasteiger partial charge in [0.1, 0.15) is 29.2 Å². The Bertz CT molecular complexity index is 1640. The van der Waals surface area contributed by atoms with Gasteiger partial charge in [0.15, 0.2) is 5.82 Å². The largest absolute Gasteiger partial charge is 0.383 e. The number of fused-ring (bicyclic) bond motifs is 2. The molecule has 2 atom stereocenters. The number of ether oxygens (including phenoxy) is 1. The molecule has 0 bridgehead atoms. The SMILES string of the molecule is C=CC(=O)N1C[C@@H](n2nc(C#Cc3c(F)cc4c(ncn4C(F)F)c3F)c3c(N)nccc32)C[C@@H]1COC. The molecule has 0 spiro atoms. The number of methoxy groups -OCH3 is 1. The zero-order valence-electron chi connectivity index (χ0n) is 20.0. The van der Waals surface area contributed by atoms with Crippen molar-refractivity contribution in [3.8, 4) is 11.8 Å². The number of anilines is 1. The molecule has 13 heteroatoms. The second kappa shape index (κ2) is 9.79. The van der Waals surface area contributed by atoms with Crippen LogP contribution in [0.1, 0.15) is 30.3 Å². The minimum Gasteiger partial charge on any atom is -0.383 e. The lowest BCUT2D eigenvalue weighted by Crippen LogP contribution is -2.37. The molecule has 0 radical (unpaired) electrons. The predicted molar refractivity (Wildman–Crippen MR) is 130 cm³/mol. The van der Waals surface area contributed by atoms with Gasteiger partial charge in [0, 0.05) is 25.9 Å². The summed E-state index contributed by atoms with van der Waals surface area (Å²) in [5, 5.41) is 4.94. The Kier molecular flexibility index (Phi) is 6.50. The molecule has 5 rings (SSSR count). The van der Waals surface area contributed by atoms with E-state index in [1.165, 1.54) is 12.3 Å². The molecule has 1 fully saturated rings. The topological polar surface area (TPSA) is 104 Å². The molecule has 1 aliphatic rings. The lowest BCUT2D eigenvalue weighted by atomic mass is 10.1. The molecule has 9 nitrogen and oxygen atoms in total. The first kappa shape index (κ1) is 25.2. The summed E-state index contributed by atoms with van der Waals surface area (Å²) in [6.45, 7) is 1.17. The van der Waals surface area contributed by atoms with Crippen LogP contribution >= 0.6 is 0 Å². The first-order valence-corrected chi connectivity index (χ1v) is 11.4. The van der Waals surface area contributed by atoms with Crippen LogP contribution in [0.4, 0.5) is 23.4 Å². The summed E-state index contributed by atoms with van der Waals surface area (Å²) in [6, 6.07) is 1.94. The molecule has 196 valence electrons. The van der Waals surface area contributed by atoms with Gasteiger partial charge in [-0.3, -0.25) is 14.0 Å². The standard InChI is InChI=1S/C25H21F4N7O2/c1-3-20(37)34-10-13(8-14(34)11-38-2)36-18-6-7-31-24(30)21(18)17(33-36)5-4-15-16(26)9-19-23(22(15)27)32-12-35(19)25(28)29/h3,6-7,9,12-14,25H,1,8,10-11H2,2H3,(H2,30,31)/t13-,14+/m0/s1. The van der Waals surface area contributed by atoms with Crippen molar-refractivity contribution in [3.63, 3.8) is 0 Å². The molecule has 2 N–H and O–H groups in total. The van der Waals surface area contributed by atoms with Crippen LogP contribution < -0.4 is 5.73 Å². The fourth-order valence-corrected chi connectivity index (χ4v) is 4.77. The van der Waals surface area contributed by atoms with Crippen LogP contribution in [0.5, 0.6) is 0 Å². The number of nitrogen functional groups attached to an aromatic ring is 1. The van der Waals surface area contributed by atoms with E-state index in [2.05, 4.69) is 33.5 Å². The van der Waals surface area contributed by atoms with E-state index in [9.17, 15) is 18.0 Å². The van der Waals surface area contributed by atoms with E-state index in [1.54, 1.807) is 22.8 Å². The van der Waals surface area contributed by atoms with Gasteiger partial charge in [-0.1, -0.05) is 12.5 Å². The quantitative estimate of drug-likeness (QED) is 0.242. The van der Waals surface area contributed by atoms with Crippen molar-refractivity contribution < 1.29 is 27.1 Å². The molecule has 0 aliphatic carbocycles. The van der Waals surface area contributed by atoms with E-state index in [-0.39, 0.29) is 29.5 Å². The number of hydrogen-bond acceptors (Lipinski definition) is 6. The number of carbonyl (C=O) groups is 1. The van der Waals surface area contributed by atoms with Crippen LogP contribution in [0.2, 0.25) is 0 Å².